The average molecular weight is 490 g/mol. The van der Waals surface area contributed by atoms with Crippen molar-refractivity contribution in [1.29, 1.82) is 0 Å². The van der Waals surface area contributed by atoms with E-state index < -0.39 is 84.6 Å². The summed E-state index contributed by atoms with van der Waals surface area (Å²) in [6.07, 6.45) is -3.69. The summed E-state index contributed by atoms with van der Waals surface area (Å²) in [5.74, 6) is -7.82. The minimum absolute atomic E-state index is 0.256. The van der Waals surface area contributed by atoms with E-state index in [0.717, 1.165) is 6.92 Å². The van der Waals surface area contributed by atoms with Gasteiger partial charge in [0.2, 0.25) is 29.5 Å². The lowest BCUT2D eigenvalue weighted by atomic mass is 10.1. The maximum absolute atomic E-state index is 12.7. The fourth-order valence-corrected chi connectivity index (χ4v) is 2.57. The van der Waals surface area contributed by atoms with Gasteiger partial charge in [-0.1, -0.05) is 0 Å². The first-order valence-electron chi connectivity index (χ1n) is 10.0. The van der Waals surface area contributed by atoms with Crippen LogP contribution in [0.5, 0.6) is 0 Å². The number of hydrogen-bond acceptors (Lipinski definition) is 9. The Kier molecular flexibility index (Phi) is 12.8. The van der Waals surface area contributed by atoms with Gasteiger partial charge in [0.15, 0.2) is 6.04 Å². The second-order valence-corrected chi connectivity index (χ2v) is 7.40. The number of carboxylic acids is 2. The molecule has 0 saturated heterocycles. The van der Waals surface area contributed by atoms with E-state index in [1.165, 1.54) is 0 Å². The van der Waals surface area contributed by atoms with Crippen molar-refractivity contribution in [2.75, 3.05) is 0 Å². The van der Waals surface area contributed by atoms with Gasteiger partial charge in [0, 0.05) is 12.8 Å². The monoisotopic (exact) mass is 490 g/mol. The van der Waals surface area contributed by atoms with Crippen molar-refractivity contribution in [3.05, 3.63) is 0 Å². The Balaban J connectivity index is 5.56. The van der Waals surface area contributed by atoms with Gasteiger partial charge in [0.05, 0.1) is 18.6 Å². The number of aliphatic hydroxyl groups excluding tert-OH is 1. The molecule has 0 saturated carbocycles. The molecule has 0 fully saturated rings. The van der Waals surface area contributed by atoms with E-state index in [1.54, 1.807) is 0 Å². The highest BCUT2D eigenvalue weighted by Crippen LogP contribution is 2.04. The van der Waals surface area contributed by atoms with Gasteiger partial charge >= 0.3 is 11.9 Å². The zero-order chi connectivity index (χ0) is 26.6. The molecule has 0 rings (SSSR count). The maximum atomic E-state index is 12.7. The third kappa shape index (κ3) is 11.7. The first-order valence-corrected chi connectivity index (χ1v) is 10.0. The number of hydrogen-bond donors (Lipinski definition) is 9. The van der Waals surface area contributed by atoms with Gasteiger partial charge in [-0.15, -0.1) is 0 Å². The standard InChI is InChI=1S/C18H30N6O10/c1-7(25)14(18(33)34)24-17(32)10(6-12(21)27)23-16(31)9(3-4-11(20)26)22-15(30)8(19)2-5-13(28)29/h7-10,14,25H,2-6,19H2,1H3,(H2,20,26)(H2,21,27)(H,22,30)(H,23,31)(H,24,32)(H,28,29)(H,33,34). The van der Waals surface area contributed by atoms with Crippen LogP contribution in [0.3, 0.4) is 0 Å². The zero-order valence-corrected chi connectivity index (χ0v) is 18.4. The first kappa shape index (κ1) is 30.2. The minimum atomic E-state index is -1.77. The molecule has 0 aliphatic carbocycles. The third-order valence-electron chi connectivity index (χ3n) is 4.40. The Hall–Kier alpha value is -3.79. The van der Waals surface area contributed by atoms with Crippen LogP contribution in [-0.2, 0) is 33.6 Å². The molecule has 0 heterocycles. The number of aliphatic hydroxyl groups is 1. The van der Waals surface area contributed by atoms with E-state index in [4.69, 9.17) is 27.4 Å². The van der Waals surface area contributed by atoms with Crippen LogP contribution in [0.1, 0.15) is 39.0 Å². The van der Waals surface area contributed by atoms with Crippen molar-refractivity contribution < 1.29 is 48.9 Å². The summed E-state index contributed by atoms with van der Waals surface area (Å²) in [6, 6.07) is -6.25. The summed E-state index contributed by atoms with van der Waals surface area (Å²) >= 11 is 0. The molecule has 12 N–H and O–H groups in total. The zero-order valence-electron chi connectivity index (χ0n) is 18.4. The van der Waals surface area contributed by atoms with E-state index >= 15 is 0 Å². The number of carbonyl (C=O) groups excluding carboxylic acids is 5. The number of amides is 5. The highest BCUT2D eigenvalue weighted by molar-refractivity contribution is 5.96. The minimum Gasteiger partial charge on any atom is -0.481 e. The second kappa shape index (κ2) is 14.4. The maximum Gasteiger partial charge on any atom is 0.328 e. The molecule has 0 spiro atoms. The van der Waals surface area contributed by atoms with E-state index in [0.29, 0.717) is 0 Å². The third-order valence-corrected chi connectivity index (χ3v) is 4.40. The van der Waals surface area contributed by atoms with Crippen LogP contribution >= 0.6 is 0 Å². The Morgan fingerprint density at radius 3 is 1.74 bits per heavy atom. The fourth-order valence-electron chi connectivity index (χ4n) is 2.57. The first-order chi connectivity index (χ1) is 15.6. The van der Waals surface area contributed by atoms with Crippen LogP contribution in [0.15, 0.2) is 0 Å². The molecule has 5 unspecified atom stereocenters. The summed E-state index contributed by atoms with van der Waals surface area (Å²) in [6.45, 7) is 1.09. The van der Waals surface area contributed by atoms with Crippen molar-refractivity contribution in [3.63, 3.8) is 0 Å². The summed E-state index contributed by atoms with van der Waals surface area (Å²) in [5.41, 5.74) is 15.7. The highest BCUT2D eigenvalue weighted by Gasteiger charge is 2.32. The van der Waals surface area contributed by atoms with Gasteiger partial charge in [0.25, 0.3) is 0 Å². The van der Waals surface area contributed by atoms with Gasteiger partial charge in [-0.2, -0.15) is 0 Å². The van der Waals surface area contributed by atoms with Crippen LogP contribution < -0.4 is 33.2 Å². The van der Waals surface area contributed by atoms with E-state index in [2.05, 4.69) is 10.6 Å². The van der Waals surface area contributed by atoms with E-state index in [9.17, 15) is 38.7 Å². The molecule has 0 bridgehead atoms. The Morgan fingerprint density at radius 1 is 0.765 bits per heavy atom. The van der Waals surface area contributed by atoms with Gasteiger partial charge in [-0.05, 0) is 19.8 Å². The lowest BCUT2D eigenvalue weighted by Crippen LogP contribution is -2.59. The molecule has 0 aromatic carbocycles. The molecule has 0 aliphatic rings. The summed E-state index contributed by atoms with van der Waals surface area (Å²) in [7, 11) is 0. The summed E-state index contributed by atoms with van der Waals surface area (Å²) in [4.78, 5) is 81.7. The molecule has 192 valence electrons. The quantitative estimate of drug-likeness (QED) is 0.0988. The van der Waals surface area contributed by atoms with Crippen molar-refractivity contribution in [2.45, 2.75) is 69.3 Å². The van der Waals surface area contributed by atoms with Gasteiger partial charge in [-0.3, -0.25) is 28.8 Å². The molecule has 0 aromatic heterocycles. The lowest BCUT2D eigenvalue weighted by molar-refractivity contribution is -0.145. The van der Waals surface area contributed by atoms with E-state index in [-0.39, 0.29) is 19.3 Å². The predicted molar refractivity (Wildman–Crippen MR) is 112 cm³/mol. The normalized spacial score (nSPS) is 15.0. The van der Waals surface area contributed by atoms with Crippen LogP contribution in [0.25, 0.3) is 0 Å². The molecule has 34 heavy (non-hydrogen) atoms. The van der Waals surface area contributed by atoms with Crippen LogP contribution in [-0.4, -0.2) is 87.1 Å². The fraction of sp³-hybridized carbons (Fsp3) is 0.611. The number of carboxylic acid groups (broad SMARTS) is 2. The van der Waals surface area contributed by atoms with E-state index in [1.807, 2.05) is 5.32 Å². The van der Waals surface area contributed by atoms with Gasteiger partial charge in [-0.25, -0.2) is 4.79 Å². The lowest BCUT2D eigenvalue weighted by Gasteiger charge is -2.25. The molecule has 5 amide bonds. The molecule has 0 aliphatic heterocycles. The number of nitrogens with one attached hydrogen (secondary N) is 3. The second-order valence-electron chi connectivity index (χ2n) is 7.40. The van der Waals surface area contributed by atoms with Crippen molar-refractivity contribution in [2.24, 2.45) is 17.2 Å². The smallest absolute Gasteiger partial charge is 0.328 e. The Labute approximate surface area is 193 Å². The molecular weight excluding hydrogens is 460 g/mol. The number of aliphatic carboxylic acids is 2. The highest BCUT2D eigenvalue weighted by atomic mass is 16.4. The Morgan fingerprint density at radius 2 is 1.29 bits per heavy atom. The van der Waals surface area contributed by atoms with Crippen molar-refractivity contribution >= 4 is 41.5 Å². The largest absolute Gasteiger partial charge is 0.481 e. The van der Waals surface area contributed by atoms with Crippen LogP contribution in [0.2, 0.25) is 0 Å². The molecule has 5 atom stereocenters. The van der Waals surface area contributed by atoms with Gasteiger partial charge < -0.3 is 48.5 Å². The summed E-state index contributed by atoms with van der Waals surface area (Å²) < 4.78 is 0. The molecule has 16 nitrogen and oxygen atoms in total. The molecule has 0 radical (unpaired) electrons. The van der Waals surface area contributed by atoms with Crippen molar-refractivity contribution in [3.8, 4) is 0 Å². The molecule has 0 aromatic rings. The van der Waals surface area contributed by atoms with Crippen molar-refractivity contribution in [1.82, 2.24) is 16.0 Å². The van der Waals surface area contributed by atoms with Crippen LogP contribution in [0.4, 0.5) is 0 Å². The van der Waals surface area contributed by atoms with Gasteiger partial charge in [0.1, 0.15) is 12.1 Å². The molecule has 16 heteroatoms. The Bertz CT molecular complexity index is 802. The topological polar surface area (TPSA) is 294 Å². The SMILES string of the molecule is CC(O)C(NC(=O)C(CC(N)=O)NC(=O)C(CCC(N)=O)NC(=O)C(N)CCC(=O)O)C(=O)O. The number of primary amides is 2. The number of nitrogens with two attached hydrogens (primary N) is 3. The average Bonchev–Trinajstić information content (AvgIpc) is 2.70. The molecular formula is C18H30N6O10. The van der Waals surface area contributed by atoms with Crippen LogP contribution in [0, 0.1) is 0 Å². The predicted octanol–water partition coefficient (Wildman–Crippen LogP) is -4.76. The summed E-state index contributed by atoms with van der Waals surface area (Å²) in [5, 5.41) is 33.6. The number of rotatable bonds is 16. The number of carbonyl (C=O) groups is 7.